The summed E-state index contributed by atoms with van der Waals surface area (Å²) < 4.78 is 5.31. The summed E-state index contributed by atoms with van der Waals surface area (Å²) in [5.74, 6) is -0.113. The number of hydrogen-bond donors (Lipinski definition) is 2. The van der Waals surface area contributed by atoms with E-state index < -0.39 is 6.04 Å². The molecule has 0 spiro atoms. The lowest BCUT2D eigenvalue weighted by atomic mass is 10.2. The third-order valence-electron chi connectivity index (χ3n) is 3.20. The van der Waals surface area contributed by atoms with Crippen LogP contribution in [0.25, 0.3) is 0 Å². The van der Waals surface area contributed by atoms with Gasteiger partial charge in [-0.1, -0.05) is 6.92 Å². The lowest BCUT2D eigenvalue weighted by Gasteiger charge is -2.34. The van der Waals surface area contributed by atoms with E-state index in [4.69, 9.17) is 4.74 Å². The Kier molecular flexibility index (Phi) is 4.54. The van der Waals surface area contributed by atoms with Crippen LogP contribution in [0.4, 0.5) is 0 Å². The van der Waals surface area contributed by atoms with Crippen LogP contribution in [0.5, 0.6) is 0 Å². The summed E-state index contributed by atoms with van der Waals surface area (Å²) in [6.07, 6.45) is 2.09. The summed E-state index contributed by atoms with van der Waals surface area (Å²) in [6.45, 7) is 4.27. The second-order valence-corrected chi connectivity index (χ2v) is 4.74. The SMILES string of the molecule is CCNCC(=O)N1CCOCC1C(=O)NC1CC1. The molecule has 2 aliphatic rings. The van der Waals surface area contributed by atoms with E-state index in [2.05, 4.69) is 10.6 Å². The molecule has 1 atom stereocenters. The van der Waals surface area contributed by atoms with Gasteiger partial charge in [0.25, 0.3) is 0 Å². The first-order chi connectivity index (χ1) is 8.72. The number of carbonyl (C=O) groups excluding carboxylic acids is 2. The highest BCUT2D eigenvalue weighted by Gasteiger charge is 2.35. The fourth-order valence-electron chi connectivity index (χ4n) is 1.98. The van der Waals surface area contributed by atoms with Crippen LogP contribution >= 0.6 is 0 Å². The van der Waals surface area contributed by atoms with Crippen LogP contribution in [-0.2, 0) is 14.3 Å². The minimum atomic E-state index is -0.467. The molecule has 18 heavy (non-hydrogen) atoms. The maximum atomic E-state index is 12.0. The number of ether oxygens (including phenoxy) is 1. The molecule has 0 aromatic rings. The summed E-state index contributed by atoms with van der Waals surface area (Å²) >= 11 is 0. The maximum absolute atomic E-state index is 12.0. The first-order valence-corrected chi connectivity index (χ1v) is 6.60. The van der Waals surface area contributed by atoms with Crippen molar-refractivity contribution in [3.8, 4) is 0 Å². The van der Waals surface area contributed by atoms with Crippen molar-refractivity contribution in [3.05, 3.63) is 0 Å². The van der Waals surface area contributed by atoms with Crippen LogP contribution in [0.2, 0.25) is 0 Å². The Hall–Kier alpha value is -1.14. The van der Waals surface area contributed by atoms with E-state index in [1.165, 1.54) is 0 Å². The zero-order valence-electron chi connectivity index (χ0n) is 10.8. The molecule has 1 heterocycles. The molecule has 2 amide bonds. The smallest absolute Gasteiger partial charge is 0.245 e. The minimum absolute atomic E-state index is 0.0314. The van der Waals surface area contributed by atoms with Crippen molar-refractivity contribution in [1.82, 2.24) is 15.5 Å². The molecule has 1 saturated carbocycles. The van der Waals surface area contributed by atoms with E-state index >= 15 is 0 Å². The molecule has 2 fully saturated rings. The normalized spacial score (nSPS) is 23.8. The number of nitrogens with zero attached hydrogens (tertiary/aromatic N) is 1. The van der Waals surface area contributed by atoms with E-state index in [1.807, 2.05) is 6.92 Å². The van der Waals surface area contributed by atoms with E-state index in [1.54, 1.807) is 4.90 Å². The van der Waals surface area contributed by atoms with Gasteiger partial charge in [-0.2, -0.15) is 0 Å². The van der Waals surface area contributed by atoms with Gasteiger partial charge in [0.2, 0.25) is 11.8 Å². The van der Waals surface area contributed by atoms with Crippen LogP contribution < -0.4 is 10.6 Å². The number of likely N-dealkylation sites (N-methyl/N-ethyl adjacent to an activating group) is 1. The Morgan fingerprint density at radius 2 is 2.17 bits per heavy atom. The molecule has 0 aromatic heterocycles. The first kappa shape index (κ1) is 13.3. The molecule has 1 aliphatic carbocycles. The number of rotatable bonds is 5. The molecule has 0 aromatic carbocycles. The fourth-order valence-corrected chi connectivity index (χ4v) is 1.98. The fraction of sp³-hybridized carbons (Fsp3) is 0.833. The maximum Gasteiger partial charge on any atom is 0.245 e. The molecular formula is C12H21N3O3. The zero-order chi connectivity index (χ0) is 13.0. The third-order valence-corrected chi connectivity index (χ3v) is 3.20. The minimum Gasteiger partial charge on any atom is -0.377 e. The molecule has 6 heteroatoms. The van der Waals surface area contributed by atoms with Gasteiger partial charge in [0.05, 0.1) is 19.8 Å². The van der Waals surface area contributed by atoms with Crippen molar-refractivity contribution < 1.29 is 14.3 Å². The van der Waals surface area contributed by atoms with Crippen molar-refractivity contribution in [2.45, 2.75) is 31.8 Å². The van der Waals surface area contributed by atoms with E-state index in [9.17, 15) is 9.59 Å². The Balaban J connectivity index is 1.91. The Morgan fingerprint density at radius 3 is 2.83 bits per heavy atom. The lowest BCUT2D eigenvalue weighted by molar-refractivity contribution is -0.147. The predicted molar refractivity (Wildman–Crippen MR) is 66.0 cm³/mol. The van der Waals surface area contributed by atoms with Crippen molar-refractivity contribution in [3.63, 3.8) is 0 Å². The van der Waals surface area contributed by atoms with Crippen LogP contribution in [0.1, 0.15) is 19.8 Å². The third kappa shape index (κ3) is 3.43. The quantitative estimate of drug-likeness (QED) is 0.668. The standard InChI is InChI=1S/C12H21N3O3/c1-2-13-7-11(16)15-5-6-18-8-10(15)12(17)14-9-3-4-9/h9-10,13H,2-8H2,1H3,(H,14,17). The van der Waals surface area contributed by atoms with Gasteiger partial charge < -0.3 is 20.3 Å². The van der Waals surface area contributed by atoms with Crippen molar-refractivity contribution in [2.24, 2.45) is 0 Å². The second kappa shape index (κ2) is 6.15. The molecule has 102 valence electrons. The van der Waals surface area contributed by atoms with Gasteiger partial charge in [-0.15, -0.1) is 0 Å². The summed E-state index contributed by atoms with van der Waals surface area (Å²) in [4.78, 5) is 25.7. The largest absolute Gasteiger partial charge is 0.377 e. The Labute approximate surface area is 107 Å². The van der Waals surface area contributed by atoms with Crippen molar-refractivity contribution in [1.29, 1.82) is 0 Å². The van der Waals surface area contributed by atoms with Crippen molar-refractivity contribution >= 4 is 11.8 Å². The summed E-state index contributed by atoms with van der Waals surface area (Å²) in [5, 5.41) is 5.93. The van der Waals surface area contributed by atoms with Gasteiger partial charge in [-0.25, -0.2) is 0 Å². The van der Waals surface area contributed by atoms with Crippen LogP contribution in [0.15, 0.2) is 0 Å². The van der Waals surface area contributed by atoms with Crippen LogP contribution in [-0.4, -0.2) is 61.6 Å². The van der Waals surface area contributed by atoms with E-state index in [-0.39, 0.29) is 18.4 Å². The molecule has 6 nitrogen and oxygen atoms in total. The van der Waals surface area contributed by atoms with Gasteiger partial charge in [0.1, 0.15) is 6.04 Å². The Morgan fingerprint density at radius 1 is 1.39 bits per heavy atom. The molecule has 0 radical (unpaired) electrons. The average molecular weight is 255 g/mol. The van der Waals surface area contributed by atoms with Gasteiger partial charge in [-0.3, -0.25) is 9.59 Å². The number of carbonyl (C=O) groups is 2. The summed E-state index contributed by atoms with van der Waals surface area (Å²) in [5.41, 5.74) is 0. The highest BCUT2D eigenvalue weighted by molar-refractivity contribution is 5.89. The molecule has 1 aliphatic heterocycles. The van der Waals surface area contributed by atoms with Gasteiger partial charge >= 0.3 is 0 Å². The van der Waals surface area contributed by atoms with E-state index in [0.717, 1.165) is 19.4 Å². The second-order valence-electron chi connectivity index (χ2n) is 4.74. The molecule has 1 saturated heterocycles. The first-order valence-electron chi connectivity index (χ1n) is 6.60. The topological polar surface area (TPSA) is 70.7 Å². The average Bonchev–Trinajstić information content (AvgIpc) is 3.19. The number of nitrogens with one attached hydrogen (secondary N) is 2. The van der Waals surface area contributed by atoms with Gasteiger partial charge in [0.15, 0.2) is 0 Å². The zero-order valence-corrected chi connectivity index (χ0v) is 10.8. The monoisotopic (exact) mass is 255 g/mol. The molecule has 2 N–H and O–H groups in total. The van der Waals surface area contributed by atoms with Gasteiger partial charge in [0, 0.05) is 12.6 Å². The lowest BCUT2D eigenvalue weighted by Crippen LogP contribution is -2.57. The predicted octanol–water partition coefficient (Wildman–Crippen LogP) is -0.898. The van der Waals surface area contributed by atoms with Gasteiger partial charge in [-0.05, 0) is 19.4 Å². The van der Waals surface area contributed by atoms with Crippen molar-refractivity contribution in [2.75, 3.05) is 32.8 Å². The molecule has 2 rings (SSSR count). The summed E-state index contributed by atoms with van der Waals surface area (Å²) in [6, 6.07) is -0.157. The molecule has 0 bridgehead atoms. The van der Waals surface area contributed by atoms with Crippen LogP contribution in [0, 0.1) is 0 Å². The molecule has 1 unspecified atom stereocenters. The Bertz CT molecular complexity index is 318. The molecular weight excluding hydrogens is 234 g/mol. The van der Waals surface area contributed by atoms with E-state index in [0.29, 0.717) is 25.8 Å². The number of amides is 2. The summed E-state index contributed by atoms with van der Waals surface area (Å²) in [7, 11) is 0. The van der Waals surface area contributed by atoms with Crippen LogP contribution in [0.3, 0.4) is 0 Å². The number of hydrogen-bond acceptors (Lipinski definition) is 4. The highest BCUT2D eigenvalue weighted by Crippen LogP contribution is 2.19. The highest BCUT2D eigenvalue weighted by atomic mass is 16.5. The number of morpholine rings is 1.